The zero-order valence-electron chi connectivity index (χ0n) is 12.1. The first-order chi connectivity index (χ1) is 10.3. The van der Waals surface area contributed by atoms with Crippen molar-refractivity contribution in [2.45, 2.75) is 14.4 Å². The van der Waals surface area contributed by atoms with Crippen LogP contribution in [0.25, 0.3) is 0 Å². The van der Waals surface area contributed by atoms with E-state index >= 15 is 0 Å². The van der Waals surface area contributed by atoms with Crippen LogP contribution < -0.4 is 0 Å². The fraction of sp³-hybridized carbons (Fsp3) is 0.385. The molecule has 0 aliphatic carbocycles. The Morgan fingerprint density at radius 2 is 1.48 bits per heavy atom. The second-order valence-electron chi connectivity index (χ2n) is 3.96. The van der Waals surface area contributed by atoms with Gasteiger partial charge in [-0.05, 0) is 6.92 Å². The van der Waals surface area contributed by atoms with E-state index in [0.29, 0.717) is 16.5 Å². The Labute approximate surface area is 165 Å². The number of aryl methyl sites for hydroxylation is 2. The molecule has 0 fully saturated rings. The summed E-state index contributed by atoms with van der Waals surface area (Å²) in [4.78, 5) is 21.5. The molecule has 0 aromatic carbocycles. The molecule has 2 heterocycles. The first kappa shape index (κ1) is 25.0. The Hall–Kier alpha value is -0.281. The number of ketones is 2. The van der Waals surface area contributed by atoms with E-state index in [1.807, 2.05) is 0 Å². The van der Waals surface area contributed by atoms with Gasteiger partial charge in [0.15, 0.2) is 11.6 Å². The van der Waals surface area contributed by atoms with Crippen LogP contribution in [0.3, 0.4) is 0 Å². The Bertz CT molecular complexity index is 602. The zero-order chi connectivity index (χ0) is 17.1. The van der Waals surface area contributed by atoms with Gasteiger partial charge in [-0.3, -0.25) is 19.0 Å². The van der Waals surface area contributed by atoms with E-state index in [2.05, 4.69) is 54.3 Å². The van der Waals surface area contributed by atoms with Crippen molar-refractivity contribution in [3.8, 4) is 0 Å². The van der Waals surface area contributed by atoms with Crippen LogP contribution in [0.15, 0.2) is 24.8 Å². The fourth-order valence-corrected chi connectivity index (χ4v) is 1.57. The van der Waals surface area contributed by atoms with Crippen LogP contribution in [0.2, 0.25) is 0 Å². The number of aromatic nitrogens is 4. The third-order valence-corrected chi connectivity index (χ3v) is 2.77. The third-order valence-electron chi connectivity index (χ3n) is 2.26. The molecule has 0 aliphatic rings. The summed E-state index contributed by atoms with van der Waals surface area (Å²) in [6.07, 6.45) is 6.51. The molecule has 0 amide bonds. The molecule has 23 heavy (non-hydrogen) atoms. The fourth-order valence-electron chi connectivity index (χ4n) is 1.25. The molecule has 2 aromatic heterocycles. The molecule has 0 unspecified atom stereocenters. The van der Waals surface area contributed by atoms with Crippen molar-refractivity contribution in [2.75, 3.05) is 5.33 Å². The molecule has 2 aromatic rings. The molecule has 0 saturated heterocycles. The third kappa shape index (κ3) is 11.0. The van der Waals surface area contributed by atoms with E-state index in [1.54, 1.807) is 48.2 Å². The van der Waals surface area contributed by atoms with Crippen molar-refractivity contribution in [2.24, 2.45) is 14.1 Å². The maximum atomic E-state index is 10.9. The number of carbonyl (C=O) groups is 2. The SMILES string of the molecule is C.CC(=O)c1cnn(C)c1.Cn1cc(C(=O)CBr)cn1.[Br][Cu][Br]. The number of hydrogen-bond acceptors (Lipinski definition) is 4. The van der Waals surface area contributed by atoms with Crippen molar-refractivity contribution in [3.05, 3.63) is 35.9 Å². The summed E-state index contributed by atoms with van der Waals surface area (Å²) in [5, 5.41) is 8.05. The van der Waals surface area contributed by atoms with Crippen molar-refractivity contribution >= 4 is 55.7 Å². The molecule has 2 rings (SSSR count). The average Bonchev–Trinajstić information content (AvgIpc) is 3.08. The predicted molar refractivity (Wildman–Crippen MR) is 99.1 cm³/mol. The standard InChI is InChI=1S/C6H7BrN2O.C6H8N2O.CH4.2BrH.Cu/c1-9-4-5(3-8-9)6(10)2-7;1-5(9)6-3-7-8(2)4-6;;;;/h3-4H,2H2,1H3;3-4H,1-2H3;1H4;2*1H;/q;;;;;+2/p-2. The summed E-state index contributed by atoms with van der Waals surface area (Å²) in [5.74, 6) is 0.121. The Morgan fingerprint density at radius 1 is 1.09 bits per heavy atom. The summed E-state index contributed by atoms with van der Waals surface area (Å²) >= 11 is 10.4. The second-order valence-corrected chi connectivity index (χ2v) is 9.27. The Balaban J connectivity index is 0. The number of hydrogen-bond donors (Lipinski definition) is 0. The van der Waals surface area contributed by atoms with Gasteiger partial charge in [0.2, 0.25) is 0 Å². The summed E-state index contributed by atoms with van der Waals surface area (Å²) < 4.78 is 3.21. The van der Waals surface area contributed by atoms with E-state index in [4.69, 9.17) is 0 Å². The van der Waals surface area contributed by atoms with E-state index in [1.165, 1.54) is 18.3 Å². The van der Waals surface area contributed by atoms with Gasteiger partial charge >= 0.3 is 39.6 Å². The number of alkyl halides is 1. The number of halogens is 3. The Kier molecular flexibility index (Phi) is 15.3. The molecule has 0 bridgehead atoms. The van der Waals surface area contributed by atoms with Crippen LogP contribution >= 0.6 is 44.2 Å². The minimum atomic E-state index is 0. The molecule has 0 saturated carbocycles. The molecule has 0 atom stereocenters. The van der Waals surface area contributed by atoms with Crippen molar-refractivity contribution < 1.29 is 20.9 Å². The zero-order valence-corrected chi connectivity index (χ0v) is 17.8. The van der Waals surface area contributed by atoms with Gasteiger partial charge in [-0.1, -0.05) is 23.4 Å². The van der Waals surface area contributed by atoms with Gasteiger partial charge < -0.3 is 0 Å². The van der Waals surface area contributed by atoms with Gasteiger partial charge in [-0.25, -0.2) is 0 Å². The summed E-state index contributed by atoms with van der Waals surface area (Å²) in [6.45, 7) is 1.52. The van der Waals surface area contributed by atoms with Crippen LogP contribution in [0.4, 0.5) is 0 Å². The van der Waals surface area contributed by atoms with Crippen molar-refractivity contribution in [1.29, 1.82) is 0 Å². The molecule has 0 radical (unpaired) electrons. The van der Waals surface area contributed by atoms with E-state index in [9.17, 15) is 9.59 Å². The molecule has 0 N–H and O–H groups in total. The molecule has 10 heteroatoms. The normalized spacial score (nSPS) is 8.96. The van der Waals surface area contributed by atoms with Crippen LogP contribution in [0, 0.1) is 0 Å². The van der Waals surface area contributed by atoms with Gasteiger partial charge in [-0.15, -0.1) is 0 Å². The molecule has 0 spiro atoms. The molecule has 0 aliphatic heterocycles. The Morgan fingerprint density at radius 3 is 1.70 bits per heavy atom. The monoisotopic (exact) mass is 563 g/mol. The molecule has 6 nitrogen and oxygen atoms in total. The average molecular weight is 567 g/mol. The van der Waals surface area contributed by atoms with Crippen LogP contribution in [0.1, 0.15) is 35.1 Å². The quantitative estimate of drug-likeness (QED) is 0.321. The molecular formula is C13H19Br3CuN4O2. The van der Waals surface area contributed by atoms with E-state index in [0.717, 1.165) is 0 Å². The van der Waals surface area contributed by atoms with Gasteiger partial charge in [0.1, 0.15) is 0 Å². The van der Waals surface area contributed by atoms with Crippen LogP contribution in [0.5, 0.6) is 0 Å². The van der Waals surface area contributed by atoms with Crippen LogP contribution in [-0.4, -0.2) is 36.5 Å². The van der Waals surface area contributed by atoms with Crippen molar-refractivity contribution in [3.63, 3.8) is 0 Å². The van der Waals surface area contributed by atoms with Crippen molar-refractivity contribution in [1.82, 2.24) is 19.6 Å². The first-order valence-corrected chi connectivity index (χ1v) is 11.5. The predicted octanol–water partition coefficient (Wildman–Crippen LogP) is 3.95. The van der Waals surface area contributed by atoms with Gasteiger partial charge in [-0.2, -0.15) is 10.2 Å². The number of rotatable bonds is 3. The van der Waals surface area contributed by atoms with E-state index < -0.39 is 0 Å². The number of nitrogens with zero attached hydrogens (tertiary/aromatic N) is 4. The van der Waals surface area contributed by atoms with Gasteiger partial charge in [0, 0.05) is 26.5 Å². The summed E-state index contributed by atoms with van der Waals surface area (Å²) in [7, 11) is 3.57. The summed E-state index contributed by atoms with van der Waals surface area (Å²) in [5.41, 5.74) is 1.32. The summed E-state index contributed by atoms with van der Waals surface area (Å²) in [6, 6.07) is 0. The number of carbonyl (C=O) groups excluding carboxylic acids is 2. The van der Waals surface area contributed by atoms with Gasteiger partial charge in [0.05, 0.1) is 28.9 Å². The maximum absolute atomic E-state index is 10.9. The molecular weight excluding hydrogens is 547 g/mol. The first-order valence-electron chi connectivity index (χ1n) is 5.74. The second kappa shape index (κ2) is 14.1. The van der Waals surface area contributed by atoms with E-state index in [-0.39, 0.29) is 19.0 Å². The minimum absolute atomic E-state index is 0. The topological polar surface area (TPSA) is 69.8 Å². The number of Topliss-reactive ketones (excluding diaryl/α,β-unsaturated/α-hetero) is 2. The molecule has 135 valence electrons. The van der Waals surface area contributed by atoms with Crippen LogP contribution in [-0.2, 0) is 25.4 Å². The van der Waals surface area contributed by atoms with Gasteiger partial charge in [0.25, 0.3) is 0 Å².